The van der Waals surface area contributed by atoms with E-state index >= 15 is 0 Å². The summed E-state index contributed by atoms with van der Waals surface area (Å²) >= 11 is 0. The van der Waals surface area contributed by atoms with Gasteiger partial charge in [-0.05, 0) is 44.1 Å². The van der Waals surface area contributed by atoms with Gasteiger partial charge in [0, 0.05) is 12.3 Å². The average Bonchev–Trinajstić information content (AvgIpc) is 2.87. The Morgan fingerprint density at radius 1 is 1.33 bits per heavy atom. The lowest BCUT2D eigenvalue weighted by Gasteiger charge is -2.25. The molecule has 18 heavy (non-hydrogen) atoms. The number of hydrogen-bond acceptors (Lipinski definition) is 4. The summed E-state index contributed by atoms with van der Waals surface area (Å²) in [4.78, 5) is 4.54. The first-order chi connectivity index (χ1) is 8.72. The molecular weight excluding hydrogens is 226 g/mol. The van der Waals surface area contributed by atoms with E-state index in [0.717, 1.165) is 24.1 Å². The molecule has 1 aromatic rings. The Hall–Kier alpha value is -0.900. The highest BCUT2D eigenvalue weighted by Crippen LogP contribution is 2.35. The standard InChI is InChI=1S/C14H25N3O/c1-3-11-4-6-12(7-5-11)14-16-13(18-17-14)8-10(2)9-15/h10-12H,3-9,15H2,1-2H3. The van der Waals surface area contributed by atoms with Crippen molar-refractivity contribution in [3.63, 3.8) is 0 Å². The fourth-order valence-corrected chi connectivity index (χ4v) is 2.73. The average molecular weight is 251 g/mol. The minimum atomic E-state index is 0.411. The number of nitrogens with zero attached hydrogens (tertiary/aromatic N) is 2. The first kappa shape index (κ1) is 13.5. The summed E-state index contributed by atoms with van der Waals surface area (Å²) in [5.74, 6) is 3.50. The van der Waals surface area contributed by atoms with Gasteiger partial charge in [-0.25, -0.2) is 0 Å². The van der Waals surface area contributed by atoms with Gasteiger partial charge >= 0.3 is 0 Å². The zero-order valence-corrected chi connectivity index (χ0v) is 11.6. The molecule has 0 bridgehead atoms. The zero-order chi connectivity index (χ0) is 13.0. The molecule has 0 saturated heterocycles. The first-order valence-electron chi connectivity index (χ1n) is 7.25. The third-order valence-corrected chi connectivity index (χ3v) is 4.20. The maximum Gasteiger partial charge on any atom is 0.226 e. The van der Waals surface area contributed by atoms with Crippen molar-refractivity contribution in [2.75, 3.05) is 6.54 Å². The van der Waals surface area contributed by atoms with Gasteiger partial charge in [-0.2, -0.15) is 4.98 Å². The van der Waals surface area contributed by atoms with E-state index < -0.39 is 0 Å². The molecule has 0 spiro atoms. The Bertz CT molecular complexity index is 356. The Labute approximate surface area is 109 Å². The van der Waals surface area contributed by atoms with Crippen LogP contribution in [0.4, 0.5) is 0 Å². The van der Waals surface area contributed by atoms with Crippen LogP contribution in [-0.4, -0.2) is 16.7 Å². The lowest BCUT2D eigenvalue weighted by Crippen LogP contribution is -2.14. The normalized spacial score (nSPS) is 26.2. The van der Waals surface area contributed by atoms with Gasteiger partial charge < -0.3 is 10.3 Å². The highest BCUT2D eigenvalue weighted by Gasteiger charge is 2.25. The van der Waals surface area contributed by atoms with E-state index in [-0.39, 0.29) is 0 Å². The maximum absolute atomic E-state index is 5.61. The van der Waals surface area contributed by atoms with Gasteiger partial charge in [0.2, 0.25) is 5.89 Å². The SMILES string of the molecule is CCC1CCC(c2noc(CC(C)CN)n2)CC1. The second kappa shape index (κ2) is 6.32. The van der Waals surface area contributed by atoms with Crippen LogP contribution in [-0.2, 0) is 6.42 Å². The summed E-state index contributed by atoms with van der Waals surface area (Å²) in [5, 5.41) is 4.15. The van der Waals surface area contributed by atoms with E-state index in [1.807, 2.05) is 0 Å². The van der Waals surface area contributed by atoms with Gasteiger partial charge in [-0.1, -0.05) is 25.4 Å². The smallest absolute Gasteiger partial charge is 0.226 e. The molecule has 1 aliphatic carbocycles. The third kappa shape index (κ3) is 3.31. The Morgan fingerprint density at radius 2 is 2.06 bits per heavy atom. The second-order valence-electron chi connectivity index (χ2n) is 5.72. The molecule has 1 heterocycles. The summed E-state index contributed by atoms with van der Waals surface area (Å²) in [6.45, 7) is 5.06. The van der Waals surface area contributed by atoms with E-state index in [1.54, 1.807) is 0 Å². The van der Waals surface area contributed by atoms with Crippen LogP contribution >= 0.6 is 0 Å². The van der Waals surface area contributed by atoms with Crippen LogP contribution in [0.25, 0.3) is 0 Å². The van der Waals surface area contributed by atoms with Crippen molar-refractivity contribution in [1.29, 1.82) is 0 Å². The number of rotatable bonds is 5. The highest BCUT2D eigenvalue weighted by atomic mass is 16.5. The molecule has 4 nitrogen and oxygen atoms in total. The van der Waals surface area contributed by atoms with Gasteiger partial charge in [-0.3, -0.25) is 0 Å². The highest BCUT2D eigenvalue weighted by molar-refractivity contribution is 4.98. The predicted octanol–water partition coefficient (Wildman–Crippen LogP) is 2.89. The van der Waals surface area contributed by atoms with Crippen molar-refractivity contribution in [1.82, 2.24) is 10.1 Å². The third-order valence-electron chi connectivity index (χ3n) is 4.20. The summed E-state index contributed by atoms with van der Waals surface area (Å²) in [5.41, 5.74) is 5.61. The van der Waals surface area contributed by atoms with E-state index in [2.05, 4.69) is 24.0 Å². The summed E-state index contributed by atoms with van der Waals surface area (Å²) in [6.07, 6.45) is 7.15. The van der Waals surface area contributed by atoms with Crippen molar-refractivity contribution in [3.8, 4) is 0 Å². The van der Waals surface area contributed by atoms with E-state index in [1.165, 1.54) is 32.1 Å². The Balaban J connectivity index is 1.90. The number of nitrogens with two attached hydrogens (primary N) is 1. The zero-order valence-electron chi connectivity index (χ0n) is 11.6. The molecule has 0 aliphatic heterocycles. The number of hydrogen-bond donors (Lipinski definition) is 1. The van der Waals surface area contributed by atoms with Gasteiger partial charge in [0.05, 0.1) is 0 Å². The molecule has 1 unspecified atom stereocenters. The fraction of sp³-hybridized carbons (Fsp3) is 0.857. The van der Waals surface area contributed by atoms with Crippen LogP contribution in [0.1, 0.15) is 63.6 Å². The Kier molecular flexibility index (Phi) is 4.75. The van der Waals surface area contributed by atoms with Crippen molar-refractivity contribution in [2.45, 2.75) is 58.3 Å². The van der Waals surface area contributed by atoms with E-state index in [0.29, 0.717) is 18.4 Å². The minimum Gasteiger partial charge on any atom is -0.339 e. The monoisotopic (exact) mass is 251 g/mol. The van der Waals surface area contributed by atoms with Gasteiger partial charge in [0.1, 0.15) is 0 Å². The lowest BCUT2D eigenvalue weighted by atomic mass is 9.80. The van der Waals surface area contributed by atoms with Crippen LogP contribution in [0.2, 0.25) is 0 Å². The van der Waals surface area contributed by atoms with Crippen molar-refractivity contribution >= 4 is 0 Å². The molecule has 0 amide bonds. The molecule has 2 rings (SSSR count). The molecule has 0 radical (unpaired) electrons. The van der Waals surface area contributed by atoms with Crippen LogP contribution in [0, 0.1) is 11.8 Å². The van der Waals surface area contributed by atoms with Gasteiger partial charge in [0.25, 0.3) is 0 Å². The fourth-order valence-electron chi connectivity index (χ4n) is 2.73. The van der Waals surface area contributed by atoms with Crippen LogP contribution in [0.3, 0.4) is 0 Å². The maximum atomic E-state index is 5.61. The molecule has 1 aliphatic rings. The first-order valence-corrected chi connectivity index (χ1v) is 7.25. The molecular formula is C14H25N3O. The van der Waals surface area contributed by atoms with Crippen LogP contribution < -0.4 is 5.73 Å². The molecule has 1 aromatic heterocycles. The minimum absolute atomic E-state index is 0.411. The Morgan fingerprint density at radius 3 is 2.67 bits per heavy atom. The summed E-state index contributed by atoms with van der Waals surface area (Å²) < 4.78 is 5.33. The van der Waals surface area contributed by atoms with Gasteiger partial charge in [0.15, 0.2) is 5.82 Å². The predicted molar refractivity (Wildman–Crippen MR) is 71.2 cm³/mol. The van der Waals surface area contributed by atoms with Crippen molar-refractivity contribution < 1.29 is 4.52 Å². The van der Waals surface area contributed by atoms with Crippen LogP contribution in [0.15, 0.2) is 4.52 Å². The van der Waals surface area contributed by atoms with Gasteiger partial charge in [-0.15, -0.1) is 0 Å². The molecule has 0 aromatic carbocycles. The largest absolute Gasteiger partial charge is 0.339 e. The van der Waals surface area contributed by atoms with E-state index in [4.69, 9.17) is 10.3 Å². The van der Waals surface area contributed by atoms with Crippen LogP contribution in [0.5, 0.6) is 0 Å². The molecule has 4 heteroatoms. The quantitative estimate of drug-likeness (QED) is 0.874. The lowest BCUT2D eigenvalue weighted by molar-refractivity contribution is 0.302. The van der Waals surface area contributed by atoms with Crippen molar-refractivity contribution in [2.24, 2.45) is 17.6 Å². The molecule has 1 atom stereocenters. The second-order valence-corrected chi connectivity index (χ2v) is 5.72. The van der Waals surface area contributed by atoms with Crippen molar-refractivity contribution in [3.05, 3.63) is 11.7 Å². The summed E-state index contributed by atoms with van der Waals surface area (Å²) in [6, 6.07) is 0. The molecule has 1 fully saturated rings. The summed E-state index contributed by atoms with van der Waals surface area (Å²) in [7, 11) is 0. The molecule has 1 saturated carbocycles. The molecule has 102 valence electrons. The topological polar surface area (TPSA) is 64.9 Å². The molecule has 2 N–H and O–H groups in total. The number of aromatic nitrogens is 2. The van der Waals surface area contributed by atoms with E-state index in [9.17, 15) is 0 Å².